The molecule has 10 nitrogen and oxygen atoms in total. The Hall–Kier alpha value is -4.22. The first-order chi connectivity index (χ1) is 20.3. The maximum Gasteiger partial charge on any atom is 0.411 e. The smallest absolute Gasteiger partial charge is 0.411 e. The van der Waals surface area contributed by atoms with Crippen molar-refractivity contribution in [3.8, 4) is 0 Å². The maximum absolute atomic E-state index is 13.3. The fourth-order valence-electron chi connectivity index (χ4n) is 4.96. The van der Waals surface area contributed by atoms with E-state index in [2.05, 4.69) is 10.3 Å². The van der Waals surface area contributed by atoms with Gasteiger partial charge in [-0.2, -0.15) is 4.31 Å². The summed E-state index contributed by atoms with van der Waals surface area (Å²) in [6.45, 7) is 5.81. The van der Waals surface area contributed by atoms with Gasteiger partial charge in [0.05, 0.1) is 16.2 Å². The largest absolute Gasteiger partial charge is 0.444 e. The molecule has 2 amide bonds. The van der Waals surface area contributed by atoms with Crippen LogP contribution in [0.2, 0.25) is 0 Å². The van der Waals surface area contributed by atoms with Crippen LogP contribution in [0.1, 0.15) is 49.4 Å². The van der Waals surface area contributed by atoms with E-state index in [1.165, 1.54) is 22.6 Å². The summed E-state index contributed by atoms with van der Waals surface area (Å²) >= 11 is 0. The second-order valence-corrected chi connectivity index (χ2v) is 11.9. The average molecular weight is 592 g/mol. The lowest BCUT2D eigenvalue weighted by Gasteiger charge is -2.31. The first kappa shape index (κ1) is 30.7. The number of carbonyl (C=O) groups excluding carboxylic acids is 2. The van der Waals surface area contributed by atoms with Crippen LogP contribution in [0.25, 0.3) is 5.57 Å². The molecule has 0 atom stereocenters. The molecule has 2 heterocycles. The summed E-state index contributed by atoms with van der Waals surface area (Å²) in [4.78, 5) is 31.3. The summed E-state index contributed by atoms with van der Waals surface area (Å²) in [7, 11) is -3.71. The monoisotopic (exact) mass is 591 g/mol. The molecule has 3 N–H and O–H groups in total. The molecule has 0 radical (unpaired) electrons. The van der Waals surface area contributed by atoms with Gasteiger partial charge in [-0.05, 0) is 80.1 Å². The number of likely N-dealkylation sites (N-methyl/N-ethyl adjacent to an activating group) is 1. The molecular weight excluding hydrogens is 554 g/mol. The van der Waals surface area contributed by atoms with E-state index in [-0.39, 0.29) is 23.3 Å². The molecule has 1 aliphatic heterocycles. The summed E-state index contributed by atoms with van der Waals surface area (Å²) in [5.41, 5.74) is 8.98. The first-order valence-corrected chi connectivity index (χ1v) is 15.5. The lowest BCUT2D eigenvalue weighted by Crippen LogP contribution is -2.37. The minimum atomic E-state index is -3.71. The number of nitrogens with zero attached hydrogens (tertiary/aromatic N) is 3. The molecule has 1 fully saturated rings. The number of piperidine rings is 1. The third-order valence-electron chi connectivity index (χ3n) is 7.38. The van der Waals surface area contributed by atoms with Gasteiger partial charge in [-0.1, -0.05) is 30.3 Å². The van der Waals surface area contributed by atoms with Crippen molar-refractivity contribution in [2.75, 3.05) is 31.5 Å². The molecule has 3 aromatic rings. The molecule has 42 heavy (non-hydrogen) atoms. The van der Waals surface area contributed by atoms with Crippen LogP contribution in [0.3, 0.4) is 0 Å². The van der Waals surface area contributed by atoms with Gasteiger partial charge in [0.1, 0.15) is 6.61 Å². The molecule has 1 saturated heterocycles. The predicted molar refractivity (Wildman–Crippen MR) is 162 cm³/mol. The summed E-state index contributed by atoms with van der Waals surface area (Å²) in [6, 6.07) is 19.2. The minimum Gasteiger partial charge on any atom is -0.444 e. The summed E-state index contributed by atoms with van der Waals surface area (Å²) in [5.74, 6) is -0.0485. The third kappa shape index (κ3) is 7.34. The van der Waals surface area contributed by atoms with Crippen LogP contribution in [0.5, 0.6) is 0 Å². The first-order valence-electron chi connectivity index (χ1n) is 14.0. The number of ether oxygens (including phenoxy) is 1. The van der Waals surface area contributed by atoms with Crippen LogP contribution in [-0.4, -0.2) is 60.8 Å². The highest BCUT2D eigenvalue weighted by molar-refractivity contribution is 7.89. The van der Waals surface area contributed by atoms with E-state index < -0.39 is 16.1 Å². The van der Waals surface area contributed by atoms with E-state index in [1.54, 1.807) is 23.2 Å². The molecule has 222 valence electrons. The number of hydrogen-bond donors (Lipinski definition) is 2. The summed E-state index contributed by atoms with van der Waals surface area (Å²) in [6.07, 6.45) is 3.60. The fraction of sp³-hybridized carbons (Fsp3) is 0.323. The Morgan fingerprint density at radius 2 is 1.71 bits per heavy atom. The second-order valence-electron chi connectivity index (χ2n) is 9.92. The fourth-order valence-corrected chi connectivity index (χ4v) is 6.43. The van der Waals surface area contributed by atoms with Crippen molar-refractivity contribution in [2.45, 2.75) is 44.1 Å². The molecule has 4 rings (SSSR count). The normalized spacial score (nSPS) is 14.8. The van der Waals surface area contributed by atoms with Gasteiger partial charge in [0.25, 0.3) is 5.91 Å². The Balaban J connectivity index is 1.35. The van der Waals surface area contributed by atoms with Crippen molar-refractivity contribution in [3.05, 3.63) is 95.9 Å². The lowest BCUT2D eigenvalue weighted by molar-refractivity contribution is -0.124. The van der Waals surface area contributed by atoms with Gasteiger partial charge in [0.15, 0.2) is 0 Å². The average Bonchev–Trinajstić information content (AvgIpc) is 3.02. The molecule has 2 aromatic carbocycles. The van der Waals surface area contributed by atoms with Crippen molar-refractivity contribution >= 4 is 33.3 Å². The van der Waals surface area contributed by atoms with Gasteiger partial charge < -0.3 is 15.4 Å². The van der Waals surface area contributed by atoms with Gasteiger partial charge in [-0.25, -0.2) is 13.2 Å². The highest BCUT2D eigenvalue weighted by Gasteiger charge is 2.30. The predicted octanol–water partition coefficient (Wildman–Crippen LogP) is 4.57. The lowest BCUT2D eigenvalue weighted by atomic mass is 9.90. The molecule has 0 unspecified atom stereocenters. The highest BCUT2D eigenvalue weighted by Crippen LogP contribution is 2.32. The maximum atomic E-state index is 13.3. The number of hydrogen-bond acceptors (Lipinski definition) is 7. The van der Waals surface area contributed by atoms with E-state index in [0.717, 1.165) is 11.1 Å². The number of aromatic nitrogens is 1. The summed E-state index contributed by atoms with van der Waals surface area (Å²) < 4.78 is 33.4. The molecule has 0 aliphatic carbocycles. The SMILES string of the molecule is CCN(CC)C(=O)C(=CN)c1cc(C2CCN(S(=O)(=O)c3ccc(NC(=O)OCc4ccccc4)cc3)CC2)ccn1. The van der Waals surface area contributed by atoms with Crippen molar-refractivity contribution in [1.82, 2.24) is 14.2 Å². The van der Waals surface area contributed by atoms with Gasteiger partial charge in [-0.15, -0.1) is 0 Å². The number of amides is 2. The van der Waals surface area contributed by atoms with E-state index in [0.29, 0.717) is 56.0 Å². The van der Waals surface area contributed by atoms with E-state index in [4.69, 9.17) is 10.5 Å². The topological polar surface area (TPSA) is 135 Å². The van der Waals surface area contributed by atoms with Crippen LogP contribution in [0, 0.1) is 0 Å². The van der Waals surface area contributed by atoms with Crippen molar-refractivity contribution in [3.63, 3.8) is 0 Å². The molecule has 0 saturated carbocycles. The van der Waals surface area contributed by atoms with Crippen molar-refractivity contribution < 1.29 is 22.7 Å². The highest BCUT2D eigenvalue weighted by atomic mass is 32.2. The van der Waals surface area contributed by atoms with Crippen LogP contribution in [0.15, 0.2) is 84.0 Å². The number of pyridine rings is 1. The van der Waals surface area contributed by atoms with Gasteiger partial charge in [0, 0.05) is 44.3 Å². The van der Waals surface area contributed by atoms with Crippen LogP contribution >= 0.6 is 0 Å². The Labute approximate surface area is 247 Å². The number of rotatable bonds is 10. The zero-order chi connectivity index (χ0) is 30.1. The van der Waals surface area contributed by atoms with Crippen LogP contribution < -0.4 is 11.1 Å². The molecule has 11 heteroatoms. The Morgan fingerprint density at radius 1 is 1.05 bits per heavy atom. The van der Waals surface area contributed by atoms with Crippen LogP contribution in [-0.2, 0) is 26.2 Å². The number of anilines is 1. The van der Waals surface area contributed by atoms with E-state index >= 15 is 0 Å². The standard InChI is InChI=1S/C31H37N5O5S/c1-3-35(4-2)30(37)28(21-32)29-20-25(14-17-33-29)24-15-18-36(19-16-24)42(39,40)27-12-10-26(11-13-27)34-31(38)41-22-23-8-6-5-7-9-23/h5-14,17,20-21,24H,3-4,15-16,18-19,22,32H2,1-2H3,(H,34,38). The van der Waals surface area contributed by atoms with Gasteiger partial charge in [0.2, 0.25) is 10.0 Å². The minimum absolute atomic E-state index is 0.120. The number of sulfonamides is 1. The summed E-state index contributed by atoms with van der Waals surface area (Å²) in [5, 5.41) is 2.62. The Morgan fingerprint density at radius 3 is 2.33 bits per heavy atom. The number of carbonyl (C=O) groups is 2. The zero-order valence-corrected chi connectivity index (χ0v) is 24.7. The van der Waals surface area contributed by atoms with Crippen LogP contribution in [0.4, 0.5) is 10.5 Å². The quantitative estimate of drug-likeness (QED) is 0.330. The molecular formula is C31H37N5O5S. The number of nitrogens with one attached hydrogen (secondary N) is 1. The number of benzene rings is 2. The molecule has 0 spiro atoms. The molecule has 0 bridgehead atoms. The Bertz CT molecular complexity index is 1500. The van der Waals surface area contributed by atoms with Crippen molar-refractivity contribution in [1.29, 1.82) is 0 Å². The van der Waals surface area contributed by atoms with E-state index in [9.17, 15) is 18.0 Å². The van der Waals surface area contributed by atoms with Gasteiger partial charge >= 0.3 is 6.09 Å². The second kappa shape index (κ2) is 14.1. The Kier molecular flexibility index (Phi) is 10.3. The molecule has 1 aromatic heterocycles. The van der Waals surface area contributed by atoms with E-state index in [1.807, 2.05) is 56.3 Å². The zero-order valence-electron chi connectivity index (χ0n) is 23.9. The number of nitrogens with two attached hydrogens (primary N) is 1. The molecule has 1 aliphatic rings. The van der Waals surface area contributed by atoms with Crippen molar-refractivity contribution in [2.24, 2.45) is 5.73 Å². The van der Waals surface area contributed by atoms with Gasteiger partial charge in [-0.3, -0.25) is 15.1 Å². The third-order valence-corrected chi connectivity index (χ3v) is 9.30.